The molecule has 4 aromatic rings. The number of benzene rings is 2. The number of nitrogens with zero attached hydrogens (tertiary/aromatic N) is 5. The maximum atomic E-state index is 12.0. The standard InChI is InChI=1S/C26H23N5O4/c32-21-14-15-22(33)31(21)35-23(34)13-7-8-16-30-28-25-20(18-9-3-1-4-10-18)17-27-24(26(25)29-30)19-11-5-2-6-12-19/h1-6,9-12,17H,7-8,13-16H2. The molecule has 0 aliphatic carbocycles. The lowest BCUT2D eigenvalue weighted by molar-refractivity contribution is -0.197. The van der Waals surface area contributed by atoms with E-state index in [1.165, 1.54) is 0 Å². The van der Waals surface area contributed by atoms with Gasteiger partial charge in [-0.25, -0.2) is 4.79 Å². The molecule has 0 unspecified atom stereocenters. The lowest BCUT2D eigenvalue weighted by Crippen LogP contribution is -2.31. The summed E-state index contributed by atoms with van der Waals surface area (Å²) in [5.41, 5.74) is 5.09. The molecule has 2 aromatic carbocycles. The summed E-state index contributed by atoms with van der Waals surface area (Å²) >= 11 is 0. The number of unbranched alkanes of at least 4 members (excludes halogenated alkanes) is 1. The van der Waals surface area contributed by atoms with E-state index in [2.05, 4.69) is 0 Å². The van der Waals surface area contributed by atoms with Gasteiger partial charge in [0.1, 0.15) is 16.7 Å². The van der Waals surface area contributed by atoms with Crippen LogP contribution >= 0.6 is 0 Å². The smallest absolute Gasteiger partial charge is 0.330 e. The van der Waals surface area contributed by atoms with E-state index < -0.39 is 17.8 Å². The Kier molecular flexibility index (Phi) is 6.30. The third-order valence-corrected chi connectivity index (χ3v) is 5.78. The van der Waals surface area contributed by atoms with Crippen molar-refractivity contribution < 1.29 is 19.2 Å². The van der Waals surface area contributed by atoms with Crippen LogP contribution in [0.15, 0.2) is 66.9 Å². The van der Waals surface area contributed by atoms with Gasteiger partial charge >= 0.3 is 5.97 Å². The Morgan fingerprint density at radius 2 is 1.46 bits per heavy atom. The summed E-state index contributed by atoms with van der Waals surface area (Å²) in [7, 11) is 0. The van der Waals surface area contributed by atoms with E-state index >= 15 is 0 Å². The van der Waals surface area contributed by atoms with Crippen LogP contribution in [0.25, 0.3) is 33.4 Å². The van der Waals surface area contributed by atoms with E-state index in [9.17, 15) is 14.4 Å². The quantitative estimate of drug-likeness (QED) is 0.284. The van der Waals surface area contributed by atoms with Gasteiger partial charge in [-0.15, -0.1) is 5.06 Å². The average molecular weight is 470 g/mol. The molecule has 0 spiro atoms. The summed E-state index contributed by atoms with van der Waals surface area (Å²) in [4.78, 5) is 46.5. The van der Waals surface area contributed by atoms with Gasteiger partial charge in [-0.2, -0.15) is 15.0 Å². The molecule has 0 bridgehead atoms. The number of carbonyl (C=O) groups is 3. The molecule has 0 radical (unpaired) electrons. The molecule has 3 heterocycles. The number of hydrogen-bond donors (Lipinski definition) is 0. The maximum Gasteiger partial charge on any atom is 0.333 e. The molecule has 1 aliphatic rings. The van der Waals surface area contributed by atoms with Crippen molar-refractivity contribution in [3.63, 3.8) is 0 Å². The molecule has 1 fully saturated rings. The summed E-state index contributed by atoms with van der Waals surface area (Å²) < 4.78 is 0. The van der Waals surface area contributed by atoms with Crippen LogP contribution in [0.3, 0.4) is 0 Å². The van der Waals surface area contributed by atoms with Crippen LogP contribution in [0.5, 0.6) is 0 Å². The van der Waals surface area contributed by atoms with Gasteiger partial charge in [-0.05, 0) is 18.4 Å². The molecule has 1 saturated heterocycles. The van der Waals surface area contributed by atoms with Crippen molar-refractivity contribution in [2.24, 2.45) is 0 Å². The molecule has 0 N–H and O–H groups in total. The summed E-state index contributed by atoms with van der Waals surface area (Å²) in [6.45, 7) is 0.492. The fraction of sp³-hybridized carbons (Fsp3) is 0.231. The lowest BCUT2D eigenvalue weighted by atomic mass is 10.0. The largest absolute Gasteiger partial charge is 0.333 e. The van der Waals surface area contributed by atoms with Gasteiger partial charge in [0.25, 0.3) is 11.8 Å². The van der Waals surface area contributed by atoms with Crippen molar-refractivity contribution in [3.05, 3.63) is 66.9 Å². The van der Waals surface area contributed by atoms with Crippen molar-refractivity contribution in [1.29, 1.82) is 0 Å². The first kappa shape index (κ1) is 22.4. The Morgan fingerprint density at radius 3 is 2.14 bits per heavy atom. The normalized spacial score (nSPS) is 13.5. The SMILES string of the molecule is O=C(CCCCn1nc2c(-c3ccccc3)cnc(-c3ccccc3)c2n1)ON1C(=O)CCC1=O. The fourth-order valence-corrected chi connectivity index (χ4v) is 4.00. The first-order valence-electron chi connectivity index (χ1n) is 11.5. The van der Waals surface area contributed by atoms with Gasteiger partial charge in [-0.3, -0.25) is 14.6 Å². The van der Waals surface area contributed by atoms with Crippen LogP contribution in [0, 0.1) is 0 Å². The second-order valence-corrected chi connectivity index (χ2v) is 8.25. The van der Waals surface area contributed by atoms with E-state index in [4.69, 9.17) is 20.0 Å². The van der Waals surface area contributed by atoms with Crippen LogP contribution in [-0.4, -0.2) is 42.8 Å². The number of aromatic nitrogens is 4. The predicted octanol–water partition coefficient (Wildman–Crippen LogP) is 3.94. The molecule has 0 atom stereocenters. The molecule has 1 aliphatic heterocycles. The maximum absolute atomic E-state index is 12.0. The highest BCUT2D eigenvalue weighted by Crippen LogP contribution is 2.31. The van der Waals surface area contributed by atoms with Crippen LogP contribution in [-0.2, 0) is 25.8 Å². The predicted molar refractivity (Wildman–Crippen MR) is 127 cm³/mol. The topological polar surface area (TPSA) is 107 Å². The van der Waals surface area contributed by atoms with Crippen LogP contribution in [0.1, 0.15) is 32.1 Å². The second-order valence-electron chi connectivity index (χ2n) is 8.25. The van der Waals surface area contributed by atoms with E-state index in [-0.39, 0.29) is 19.3 Å². The number of imide groups is 1. The Bertz CT molecular complexity index is 1290. The van der Waals surface area contributed by atoms with Gasteiger partial charge in [0, 0.05) is 36.6 Å². The molecule has 9 heteroatoms. The molecule has 2 amide bonds. The van der Waals surface area contributed by atoms with Gasteiger partial charge < -0.3 is 4.84 Å². The first-order valence-corrected chi connectivity index (χ1v) is 11.5. The second kappa shape index (κ2) is 9.84. The summed E-state index contributed by atoms with van der Waals surface area (Å²) in [6, 6.07) is 19.8. The number of hydrogen-bond acceptors (Lipinski definition) is 7. The van der Waals surface area contributed by atoms with Crippen molar-refractivity contribution in [2.45, 2.75) is 38.6 Å². The highest BCUT2D eigenvalue weighted by atomic mass is 16.7. The minimum atomic E-state index is -0.603. The van der Waals surface area contributed by atoms with Gasteiger partial charge in [0.05, 0.1) is 6.54 Å². The third-order valence-electron chi connectivity index (χ3n) is 5.78. The Balaban J connectivity index is 1.32. The zero-order chi connectivity index (χ0) is 24.2. The van der Waals surface area contributed by atoms with Crippen LogP contribution < -0.4 is 0 Å². The lowest BCUT2D eigenvalue weighted by Gasteiger charge is -2.12. The number of pyridine rings is 1. The molecule has 35 heavy (non-hydrogen) atoms. The summed E-state index contributed by atoms with van der Waals surface area (Å²) in [5.74, 6) is -1.56. The Hall–Kier alpha value is -4.40. The summed E-state index contributed by atoms with van der Waals surface area (Å²) in [6.07, 6.45) is 3.19. The van der Waals surface area contributed by atoms with Gasteiger partial charge in [0.2, 0.25) is 0 Å². The number of hydroxylamine groups is 2. The van der Waals surface area contributed by atoms with E-state index in [1.807, 2.05) is 66.9 Å². The van der Waals surface area contributed by atoms with E-state index in [0.717, 1.165) is 27.9 Å². The molecular formula is C26H23N5O4. The van der Waals surface area contributed by atoms with Crippen LogP contribution in [0.4, 0.5) is 0 Å². The monoisotopic (exact) mass is 469 g/mol. The number of aryl methyl sites for hydroxylation is 1. The summed E-state index contributed by atoms with van der Waals surface area (Å²) in [5, 5.41) is 10.0. The van der Waals surface area contributed by atoms with Crippen molar-refractivity contribution in [3.8, 4) is 22.4 Å². The fourth-order valence-electron chi connectivity index (χ4n) is 4.00. The van der Waals surface area contributed by atoms with Crippen molar-refractivity contribution in [1.82, 2.24) is 25.0 Å². The van der Waals surface area contributed by atoms with Gasteiger partial charge in [-0.1, -0.05) is 60.7 Å². The van der Waals surface area contributed by atoms with Crippen molar-refractivity contribution in [2.75, 3.05) is 0 Å². The van der Waals surface area contributed by atoms with Gasteiger partial charge in [0.15, 0.2) is 0 Å². The zero-order valence-electron chi connectivity index (χ0n) is 19.0. The minimum Gasteiger partial charge on any atom is -0.330 e. The van der Waals surface area contributed by atoms with Crippen LogP contribution in [0.2, 0.25) is 0 Å². The van der Waals surface area contributed by atoms with E-state index in [0.29, 0.717) is 30.0 Å². The zero-order valence-corrected chi connectivity index (χ0v) is 19.0. The van der Waals surface area contributed by atoms with Crippen molar-refractivity contribution >= 4 is 28.8 Å². The Labute approximate surface area is 201 Å². The molecule has 176 valence electrons. The number of fused-ring (bicyclic) bond motifs is 1. The molecule has 5 rings (SSSR count). The van der Waals surface area contributed by atoms with E-state index in [1.54, 1.807) is 4.80 Å². The first-order chi connectivity index (χ1) is 17.1. The number of carbonyl (C=O) groups excluding carboxylic acids is 3. The average Bonchev–Trinajstić information content (AvgIpc) is 3.45. The highest BCUT2D eigenvalue weighted by molar-refractivity contribution is 6.01. The number of rotatable bonds is 8. The third kappa shape index (κ3) is 4.79. The Morgan fingerprint density at radius 1 is 0.829 bits per heavy atom. The molecular weight excluding hydrogens is 446 g/mol. The highest BCUT2D eigenvalue weighted by Gasteiger charge is 2.32. The number of amides is 2. The molecule has 9 nitrogen and oxygen atoms in total. The molecule has 0 saturated carbocycles. The molecule has 2 aromatic heterocycles. The minimum absolute atomic E-state index is 0.0788.